The summed E-state index contributed by atoms with van der Waals surface area (Å²) in [4.78, 5) is 25.0. The van der Waals surface area contributed by atoms with Gasteiger partial charge < -0.3 is 14.4 Å². The second-order valence-corrected chi connectivity index (χ2v) is 8.02. The van der Waals surface area contributed by atoms with Crippen molar-refractivity contribution in [3.05, 3.63) is 24.2 Å². The van der Waals surface area contributed by atoms with Gasteiger partial charge in [-0.05, 0) is 25.0 Å². The average molecular weight is 342 g/mol. The van der Waals surface area contributed by atoms with Crippen LogP contribution in [0.3, 0.4) is 0 Å². The van der Waals surface area contributed by atoms with Crippen LogP contribution in [0.4, 0.5) is 0 Å². The number of nitrogens with zero attached hydrogens (tertiary/aromatic N) is 2. The topological polar surface area (TPSA) is 108 Å². The summed E-state index contributed by atoms with van der Waals surface area (Å²) in [6.45, 7) is -0.0876. The first-order valence-electron chi connectivity index (χ1n) is 7.43. The van der Waals surface area contributed by atoms with Crippen LogP contribution in [0, 0.1) is 0 Å². The monoisotopic (exact) mass is 342 g/mol. The van der Waals surface area contributed by atoms with E-state index >= 15 is 0 Å². The molecular weight excluding hydrogens is 324 g/mol. The van der Waals surface area contributed by atoms with Crippen molar-refractivity contribution in [2.45, 2.75) is 30.6 Å². The van der Waals surface area contributed by atoms with Gasteiger partial charge in [0.25, 0.3) is 0 Å². The van der Waals surface area contributed by atoms with Gasteiger partial charge in [0.2, 0.25) is 15.9 Å². The molecule has 0 spiro atoms. The molecule has 9 heteroatoms. The fourth-order valence-electron chi connectivity index (χ4n) is 2.74. The molecule has 0 unspecified atom stereocenters. The normalized spacial score (nSPS) is 21.4. The van der Waals surface area contributed by atoms with E-state index in [1.165, 1.54) is 15.5 Å². The fraction of sp³-hybridized carbons (Fsp3) is 0.571. The van der Waals surface area contributed by atoms with Gasteiger partial charge in [0, 0.05) is 19.5 Å². The van der Waals surface area contributed by atoms with Crippen molar-refractivity contribution < 1.29 is 27.5 Å². The molecule has 1 amide bonds. The Bertz CT molecular complexity index is 695. The molecule has 0 radical (unpaired) electrons. The number of piperazine rings is 1. The quantitative estimate of drug-likeness (QED) is 0.774. The first-order valence-corrected chi connectivity index (χ1v) is 8.93. The third kappa shape index (κ3) is 3.25. The Hall–Kier alpha value is -1.87. The van der Waals surface area contributed by atoms with Gasteiger partial charge in [0.15, 0.2) is 0 Å². The molecule has 1 saturated carbocycles. The lowest BCUT2D eigenvalue weighted by Gasteiger charge is -2.36. The molecule has 126 valence electrons. The van der Waals surface area contributed by atoms with E-state index < -0.39 is 27.9 Å². The van der Waals surface area contributed by atoms with Gasteiger partial charge in [0.1, 0.15) is 11.8 Å². The number of amides is 1. The van der Waals surface area contributed by atoms with Crippen LogP contribution in [0.15, 0.2) is 22.8 Å². The summed E-state index contributed by atoms with van der Waals surface area (Å²) in [6, 6.07) is 2.24. The molecule has 2 heterocycles. The Morgan fingerprint density at radius 3 is 2.65 bits per heavy atom. The van der Waals surface area contributed by atoms with Crippen molar-refractivity contribution in [2.75, 3.05) is 19.6 Å². The van der Waals surface area contributed by atoms with Crippen molar-refractivity contribution in [3.8, 4) is 0 Å². The molecule has 1 aliphatic heterocycles. The number of carboxylic acids is 1. The summed E-state index contributed by atoms with van der Waals surface area (Å²) in [6.07, 6.45) is 2.76. The van der Waals surface area contributed by atoms with E-state index in [0.717, 1.165) is 0 Å². The van der Waals surface area contributed by atoms with Crippen LogP contribution in [0.2, 0.25) is 0 Å². The molecule has 1 atom stereocenters. The standard InChI is InChI=1S/C14H18N2O6S/c17-13-9-15(23(20,21)11-3-4-11)5-6-16(13)12(14(18)19)8-10-2-1-7-22-10/h1-2,7,11-12H,3-6,8-9H2,(H,18,19)/t12-/m0/s1. The molecule has 2 aliphatic rings. The third-order valence-corrected chi connectivity index (χ3v) is 6.51. The Kier molecular flexibility index (Phi) is 4.15. The van der Waals surface area contributed by atoms with Crippen molar-refractivity contribution >= 4 is 21.9 Å². The van der Waals surface area contributed by atoms with E-state index in [9.17, 15) is 23.1 Å². The summed E-state index contributed by atoms with van der Waals surface area (Å²) in [5.74, 6) is -1.15. The number of carbonyl (C=O) groups excluding carboxylic acids is 1. The molecule has 1 aromatic heterocycles. The summed E-state index contributed by atoms with van der Waals surface area (Å²) in [5.41, 5.74) is 0. The predicted molar refractivity (Wildman–Crippen MR) is 79.1 cm³/mol. The largest absolute Gasteiger partial charge is 0.480 e. The van der Waals surface area contributed by atoms with Crippen LogP contribution in [0.5, 0.6) is 0 Å². The number of furan rings is 1. The van der Waals surface area contributed by atoms with Crippen LogP contribution in [0.25, 0.3) is 0 Å². The summed E-state index contributed by atoms with van der Waals surface area (Å²) < 4.78 is 30.7. The smallest absolute Gasteiger partial charge is 0.326 e. The Balaban J connectivity index is 1.70. The van der Waals surface area contributed by atoms with E-state index in [2.05, 4.69) is 0 Å². The van der Waals surface area contributed by atoms with E-state index in [-0.39, 0.29) is 31.3 Å². The van der Waals surface area contributed by atoms with Crippen LogP contribution < -0.4 is 0 Å². The first kappa shape index (κ1) is 16.0. The van der Waals surface area contributed by atoms with Gasteiger partial charge in [-0.3, -0.25) is 4.79 Å². The maximum Gasteiger partial charge on any atom is 0.326 e. The molecule has 0 aromatic carbocycles. The summed E-state index contributed by atoms with van der Waals surface area (Å²) in [5, 5.41) is 9.02. The minimum absolute atomic E-state index is 0.0590. The van der Waals surface area contributed by atoms with Gasteiger partial charge in [-0.1, -0.05) is 0 Å². The van der Waals surface area contributed by atoms with Crippen molar-refractivity contribution in [3.63, 3.8) is 0 Å². The van der Waals surface area contributed by atoms with Gasteiger partial charge in [-0.25, -0.2) is 13.2 Å². The lowest BCUT2D eigenvalue weighted by molar-refractivity contribution is -0.152. The van der Waals surface area contributed by atoms with Gasteiger partial charge in [-0.2, -0.15) is 4.31 Å². The van der Waals surface area contributed by atoms with Crippen LogP contribution in [-0.2, 0) is 26.0 Å². The van der Waals surface area contributed by atoms with Crippen molar-refractivity contribution in [1.29, 1.82) is 0 Å². The van der Waals surface area contributed by atoms with Crippen LogP contribution >= 0.6 is 0 Å². The highest BCUT2D eigenvalue weighted by Gasteiger charge is 2.44. The number of hydrogen-bond acceptors (Lipinski definition) is 5. The van der Waals surface area contributed by atoms with E-state index in [4.69, 9.17) is 4.42 Å². The van der Waals surface area contributed by atoms with Crippen molar-refractivity contribution in [1.82, 2.24) is 9.21 Å². The second-order valence-electron chi connectivity index (χ2n) is 5.80. The van der Waals surface area contributed by atoms with Crippen molar-refractivity contribution in [2.24, 2.45) is 0 Å². The molecule has 1 saturated heterocycles. The molecule has 1 aliphatic carbocycles. The number of carbonyl (C=O) groups is 2. The predicted octanol–water partition coefficient (Wildman–Crippen LogP) is -0.0883. The average Bonchev–Trinajstić information content (AvgIpc) is 3.24. The van der Waals surface area contributed by atoms with Gasteiger partial charge in [0.05, 0.1) is 18.1 Å². The highest BCUT2D eigenvalue weighted by Crippen LogP contribution is 2.31. The molecule has 0 bridgehead atoms. The zero-order valence-electron chi connectivity index (χ0n) is 12.4. The molecular formula is C14H18N2O6S. The number of aliphatic carboxylic acids is 1. The SMILES string of the molecule is O=C(O)[C@H](Cc1ccco1)N1CCN(S(=O)(=O)C2CC2)CC1=O. The molecule has 8 nitrogen and oxygen atoms in total. The maximum absolute atomic E-state index is 12.3. The zero-order chi connectivity index (χ0) is 16.6. The maximum atomic E-state index is 12.3. The summed E-state index contributed by atoms with van der Waals surface area (Å²) >= 11 is 0. The summed E-state index contributed by atoms with van der Waals surface area (Å²) in [7, 11) is -3.42. The zero-order valence-corrected chi connectivity index (χ0v) is 13.2. The van der Waals surface area contributed by atoms with E-state index in [0.29, 0.717) is 18.6 Å². The lowest BCUT2D eigenvalue weighted by Crippen LogP contribution is -2.58. The fourth-order valence-corrected chi connectivity index (χ4v) is 4.52. The second kappa shape index (κ2) is 5.97. The van der Waals surface area contributed by atoms with E-state index in [1.54, 1.807) is 12.1 Å². The Morgan fingerprint density at radius 2 is 2.13 bits per heavy atom. The molecule has 1 N–H and O–H groups in total. The highest BCUT2D eigenvalue weighted by atomic mass is 32.2. The first-order chi connectivity index (χ1) is 10.9. The lowest BCUT2D eigenvalue weighted by atomic mass is 10.1. The number of sulfonamides is 1. The van der Waals surface area contributed by atoms with Gasteiger partial charge in [-0.15, -0.1) is 0 Å². The number of carboxylic acid groups (broad SMARTS) is 1. The van der Waals surface area contributed by atoms with E-state index in [1.807, 2.05) is 0 Å². The molecule has 1 aromatic rings. The molecule has 23 heavy (non-hydrogen) atoms. The van der Waals surface area contributed by atoms with Crippen LogP contribution in [0.1, 0.15) is 18.6 Å². The van der Waals surface area contributed by atoms with Crippen LogP contribution in [-0.4, -0.2) is 65.5 Å². The number of rotatable bonds is 6. The minimum atomic E-state index is -3.42. The molecule has 3 rings (SSSR count). The van der Waals surface area contributed by atoms with Gasteiger partial charge >= 0.3 is 5.97 Å². The molecule has 2 fully saturated rings. The minimum Gasteiger partial charge on any atom is -0.480 e. The third-order valence-electron chi connectivity index (χ3n) is 4.16. The Labute approximate surface area is 133 Å². The highest BCUT2D eigenvalue weighted by molar-refractivity contribution is 7.90. The number of hydrogen-bond donors (Lipinski definition) is 1. The Morgan fingerprint density at radius 1 is 1.39 bits per heavy atom.